The van der Waals surface area contributed by atoms with Crippen molar-refractivity contribution in [2.24, 2.45) is 0 Å². The van der Waals surface area contributed by atoms with Crippen LogP contribution in [0.15, 0.2) is 53.4 Å². The molecule has 1 saturated heterocycles. The number of hydrogen-bond donors (Lipinski definition) is 0. The van der Waals surface area contributed by atoms with Crippen LogP contribution >= 0.6 is 11.6 Å². The zero-order chi connectivity index (χ0) is 21.0. The van der Waals surface area contributed by atoms with Crippen molar-refractivity contribution in [1.29, 1.82) is 0 Å². The number of rotatable bonds is 6. The number of piperazine rings is 1. The molecule has 1 aliphatic rings. The monoisotopic (exact) mass is 436 g/mol. The highest BCUT2D eigenvalue weighted by molar-refractivity contribution is 7.89. The van der Waals surface area contributed by atoms with Gasteiger partial charge in [-0.15, -0.1) is 0 Å². The molecule has 9 heteroatoms. The third-order valence-corrected chi connectivity index (χ3v) is 6.83. The molecule has 3 rings (SSSR count). The summed E-state index contributed by atoms with van der Waals surface area (Å²) in [5.41, 5.74) is 0.458. The lowest BCUT2D eigenvalue weighted by atomic mass is 10.2. The van der Waals surface area contributed by atoms with Crippen LogP contribution in [0.25, 0.3) is 0 Å². The average Bonchev–Trinajstić information content (AvgIpc) is 2.73. The molecule has 1 fully saturated rings. The van der Waals surface area contributed by atoms with Crippen LogP contribution in [-0.4, -0.2) is 62.1 Å². The molecule has 7 nitrogen and oxygen atoms in total. The standard InChI is InChI=1S/C20H21ClN2O5S/c1-15(24)16-2-8-19(9-3-16)29(26,27)23-12-10-22(11-13-23)20(25)14-28-18-6-4-17(21)5-7-18/h2-9H,10-14H2,1H3. The zero-order valence-electron chi connectivity index (χ0n) is 15.9. The number of amides is 1. The molecule has 0 unspecified atom stereocenters. The van der Waals surface area contributed by atoms with E-state index in [1.54, 1.807) is 29.2 Å². The number of carbonyl (C=O) groups excluding carboxylic acids is 2. The molecule has 0 saturated carbocycles. The van der Waals surface area contributed by atoms with E-state index in [-0.39, 0.29) is 49.4 Å². The highest BCUT2D eigenvalue weighted by atomic mass is 35.5. The quantitative estimate of drug-likeness (QED) is 0.649. The summed E-state index contributed by atoms with van der Waals surface area (Å²) >= 11 is 5.81. The van der Waals surface area contributed by atoms with Crippen LogP contribution in [0.2, 0.25) is 5.02 Å². The maximum atomic E-state index is 12.8. The van der Waals surface area contributed by atoms with Crippen molar-refractivity contribution in [3.8, 4) is 5.75 Å². The highest BCUT2D eigenvalue weighted by Crippen LogP contribution is 2.19. The van der Waals surface area contributed by atoms with Gasteiger partial charge in [-0.3, -0.25) is 9.59 Å². The Morgan fingerprint density at radius 1 is 0.966 bits per heavy atom. The third-order valence-electron chi connectivity index (χ3n) is 4.67. The van der Waals surface area contributed by atoms with Crippen molar-refractivity contribution < 1.29 is 22.7 Å². The van der Waals surface area contributed by atoms with Crippen LogP contribution in [0.4, 0.5) is 0 Å². The number of carbonyl (C=O) groups is 2. The average molecular weight is 437 g/mol. The Hall–Kier alpha value is -2.42. The Morgan fingerprint density at radius 3 is 2.10 bits per heavy atom. The molecule has 0 N–H and O–H groups in total. The van der Waals surface area contributed by atoms with E-state index in [1.807, 2.05) is 0 Å². The zero-order valence-corrected chi connectivity index (χ0v) is 17.4. The van der Waals surface area contributed by atoms with E-state index in [1.165, 1.54) is 35.5 Å². The van der Waals surface area contributed by atoms with Gasteiger partial charge in [0.2, 0.25) is 10.0 Å². The molecule has 1 heterocycles. The van der Waals surface area contributed by atoms with E-state index >= 15 is 0 Å². The number of hydrogen-bond acceptors (Lipinski definition) is 5. The van der Waals surface area contributed by atoms with Crippen molar-refractivity contribution in [3.63, 3.8) is 0 Å². The molecule has 2 aromatic carbocycles. The topological polar surface area (TPSA) is 84.0 Å². The molecule has 0 aromatic heterocycles. The number of nitrogens with zero attached hydrogens (tertiary/aromatic N) is 2. The minimum Gasteiger partial charge on any atom is -0.484 e. The summed E-state index contributed by atoms with van der Waals surface area (Å²) in [5.74, 6) is 0.211. The second-order valence-corrected chi connectivity index (χ2v) is 8.98. The van der Waals surface area contributed by atoms with E-state index in [2.05, 4.69) is 0 Å². The summed E-state index contributed by atoms with van der Waals surface area (Å²) in [5, 5.41) is 0.581. The van der Waals surface area contributed by atoms with Gasteiger partial charge in [-0.05, 0) is 43.3 Å². The fourth-order valence-electron chi connectivity index (χ4n) is 2.96. The third kappa shape index (κ3) is 5.14. The van der Waals surface area contributed by atoms with Crippen molar-refractivity contribution in [3.05, 3.63) is 59.1 Å². The Labute approximate surface area is 174 Å². The van der Waals surface area contributed by atoms with Gasteiger partial charge in [-0.1, -0.05) is 23.7 Å². The first-order valence-corrected chi connectivity index (χ1v) is 10.9. The largest absolute Gasteiger partial charge is 0.484 e. The van der Waals surface area contributed by atoms with Gasteiger partial charge in [0.15, 0.2) is 12.4 Å². The van der Waals surface area contributed by atoms with E-state index < -0.39 is 10.0 Å². The molecule has 1 amide bonds. The smallest absolute Gasteiger partial charge is 0.260 e. The minimum atomic E-state index is -3.67. The van der Waals surface area contributed by atoms with Gasteiger partial charge in [0.25, 0.3) is 5.91 Å². The molecule has 0 atom stereocenters. The van der Waals surface area contributed by atoms with Gasteiger partial charge in [0.05, 0.1) is 4.90 Å². The number of halogens is 1. The van der Waals surface area contributed by atoms with Gasteiger partial charge in [-0.25, -0.2) is 8.42 Å². The normalized spacial score (nSPS) is 15.2. The highest BCUT2D eigenvalue weighted by Gasteiger charge is 2.30. The summed E-state index contributed by atoms with van der Waals surface area (Å²) in [4.78, 5) is 25.4. The van der Waals surface area contributed by atoms with Gasteiger partial charge in [0.1, 0.15) is 5.75 Å². The van der Waals surface area contributed by atoms with Crippen molar-refractivity contribution >= 4 is 33.3 Å². The first-order valence-electron chi connectivity index (χ1n) is 9.04. The second kappa shape index (κ2) is 8.94. The predicted octanol–water partition coefficient (Wildman–Crippen LogP) is 2.45. The molecule has 0 aliphatic carbocycles. The van der Waals surface area contributed by atoms with Crippen LogP contribution in [0.1, 0.15) is 17.3 Å². The lowest BCUT2D eigenvalue weighted by Crippen LogP contribution is -2.51. The fraction of sp³-hybridized carbons (Fsp3) is 0.300. The second-order valence-electron chi connectivity index (χ2n) is 6.61. The molecule has 29 heavy (non-hydrogen) atoms. The molecule has 0 bridgehead atoms. The molecule has 0 spiro atoms. The van der Waals surface area contributed by atoms with Crippen LogP contribution in [0, 0.1) is 0 Å². The number of ether oxygens (including phenoxy) is 1. The van der Waals surface area contributed by atoms with Gasteiger partial charge < -0.3 is 9.64 Å². The Morgan fingerprint density at radius 2 is 1.55 bits per heavy atom. The first kappa shape index (κ1) is 21.3. The number of ketones is 1. The summed E-state index contributed by atoms with van der Waals surface area (Å²) in [6, 6.07) is 12.6. The molecular weight excluding hydrogens is 416 g/mol. The predicted molar refractivity (Wildman–Crippen MR) is 109 cm³/mol. The van der Waals surface area contributed by atoms with Crippen molar-refractivity contribution in [2.75, 3.05) is 32.8 Å². The number of Topliss-reactive ketones (excluding diaryl/α,β-unsaturated/α-hetero) is 1. The maximum absolute atomic E-state index is 12.8. The van der Waals surface area contributed by atoms with Gasteiger partial charge >= 0.3 is 0 Å². The summed E-state index contributed by atoms with van der Waals surface area (Å²) in [6.45, 7) is 2.27. The Balaban J connectivity index is 1.55. The molecule has 1 aliphatic heterocycles. The maximum Gasteiger partial charge on any atom is 0.260 e. The van der Waals surface area contributed by atoms with E-state index in [9.17, 15) is 18.0 Å². The number of benzene rings is 2. The van der Waals surface area contributed by atoms with Crippen LogP contribution in [0.3, 0.4) is 0 Å². The SMILES string of the molecule is CC(=O)c1ccc(S(=O)(=O)N2CCN(C(=O)COc3ccc(Cl)cc3)CC2)cc1. The lowest BCUT2D eigenvalue weighted by molar-refractivity contribution is -0.134. The molecule has 154 valence electrons. The molecular formula is C20H21ClN2O5S. The van der Waals surface area contributed by atoms with Crippen molar-refractivity contribution in [1.82, 2.24) is 9.21 Å². The van der Waals surface area contributed by atoms with Crippen LogP contribution in [0.5, 0.6) is 5.75 Å². The lowest BCUT2D eigenvalue weighted by Gasteiger charge is -2.34. The fourth-order valence-corrected chi connectivity index (χ4v) is 4.50. The van der Waals surface area contributed by atoms with Crippen LogP contribution in [-0.2, 0) is 14.8 Å². The Bertz CT molecular complexity index is 983. The van der Waals surface area contributed by atoms with E-state index in [0.717, 1.165) is 0 Å². The number of sulfonamides is 1. The first-order chi connectivity index (χ1) is 13.8. The minimum absolute atomic E-state index is 0.123. The van der Waals surface area contributed by atoms with E-state index in [0.29, 0.717) is 16.3 Å². The van der Waals surface area contributed by atoms with Gasteiger partial charge in [-0.2, -0.15) is 4.31 Å². The van der Waals surface area contributed by atoms with E-state index in [4.69, 9.17) is 16.3 Å². The molecule has 0 radical (unpaired) electrons. The molecule has 2 aromatic rings. The Kier molecular flexibility index (Phi) is 6.56. The van der Waals surface area contributed by atoms with Crippen LogP contribution < -0.4 is 4.74 Å². The van der Waals surface area contributed by atoms with Crippen molar-refractivity contribution in [2.45, 2.75) is 11.8 Å². The summed E-state index contributed by atoms with van der Waals surface area (Å²) < 4.78 is 32.4. The summed E-state index contributed by atoms with van der Waals surface area (Å²) in [7, 11) is -3.67. The summed E-state index contributed by atoms with van der Waals surface area (Å²) in [6.07, 6.45) is 0. The van der Waals surface area contributed by atoms with Gasteiger partial charge in [0, 0.05) is 36.8 Å².